The lowest BCUT2D eigenvalue weighted by molar-refractivity contribution is 0.198. The fraction of sp³-hybridized carbons (Fsp3) is 0.321. The number of imidazole rings is 1. The van der Waals surface area contributed by atoms with Crippen LogP contribution in [0.5, 0.6) is 5.88 Å². The highest BCUT2D eigenvalue weighted by molar-refractivity contribution is 6.04. The van der Waals surface area contributed by atoms with Crippen LogP contribution in [0, 0.1) is 6.92 Å². The van der Waals surface area contributed by atoms with E-state index in [1.54, 1.807) is 35.7 Å². The van der Waals surface area contributed by atoms with Gasteiger partial charge in [0.15, 0.2) is 0 Å². The molecule has 4 aromatic heterocycles. The fourth-order valence-corrected chi connectivity index (χ4v) is 5.25. The predicted molar refractivity (Wildman–Crippen MR) is 151 cm³/mol. The molecule has 5 aromatic rings. The molecule has 0 amide bonds. The van der Waals surface area contributed by atoms with E-state index in [0.29, 0.717) is 36.1 Å². The fourth-order valence-electron chi connectivity index (χ4n) is 5.25. The van der Waals surface area contributed by atoms with Gasteiger partial charge in [0.25, 0.3) is 0 Å². The summed E-state index contributed by atoms with van der Waals surface area (Å²) in [5.74, 6) is 1.74. The monoisotopic (exact) mass is 526 g/mol. The summed E-state index contributed by atoms with van der Waals surface area (Å²) in [6, 6.07) is 9.71. The number of aliphatic hydroxyl groups excluding tert-OH is 1. The van der Waals surface area contributed by atoms with Crippen molar-refractivity contribution in [2.45, 2.75) is 26.4 Å². The molecule has 6 rings (SSSR count). The first-order chi connectivity index (χ1) is 18.9. The number of fused-ring (bicyclic) bond motifs is 3. The molecule has 39 heavy (non-hydrogen) atoms. The minimum atomic E-state index is -0.344. The molecule has 11 heteroatoms. The Hall–Kier alpha value is -4.51. The Labute approximate surface area is 224 Å². The number of methoxy groups -OCH3 is 1. The van der Waals surface area contributed by atoms with Crippen LogP contribution in [0.3, 0.4) is 0 Å². The van der Waals surface area contributed by atoms with E-state index in [-0.39, 0.29) is 11.8 Å². The van der Waals surface area contributed by atoms with E-state index in [1.165, 1.54) is 0 Å². The zero-order chi connectivity index (χ0) is 27.3. The Morgan fingerprint density at radius 1 is 1.15 bits per heavy atom. The van der Waals surface area contributed by atoms with Crippen molar-refractivity contribution >= 4 is 33.7 Å². The number of rotatable bonds is 6. The molecular weight excluding hydrogens is 496 g/mol. The smallest absolute Gasteiger partial charge is 0.333 e. The summed E-state index contributed by atoms with van der Waals surface area (Å²) in [5, 5.41) is 13.9. The molecule has 1 aliphatic rings. The van der Waals surface area contributed by atoms with Crippen LogP contribution >= 0.6 is 0 Å². The summed E-state index contributed by atoms with van der Waals surface area (Å²) in [5.41, 5.74) is 5.02. The molecule has 1 aliphatic heterocycles. The number of nitrogens with one attached hydrogen (secondary N) is 1. The lowest BCUT2D eigenvalue weighted by Crippen LogP contribution is -2.24. The first-order valence-electron chi connectivity index (χ1n) is 13.0. The van der Waals surface area contributed by atoms with Crippen LogP contribution in [0.25, 0.3) is 38.8 Å². The van der Waals surface area contributed by atoms with Gasteiger partial charge in [0.1, 0.15) is 5.82 Å². The molecule has 2 N–H and O–H groups in total. The SMILES string of the molecule is CCNc1ncc(-c2ccc3ncc4c(c3c2)n(-c2ccc(N3CCC(O)C3)nc2C)c(=O)n4C)c(OC)n1. The van der Waals surface area contributed by atoms with Gasteiger partial charge in [-0.05, 0) is 50.1 Å². The van der Waals surface area contributed by atoms with Gasteiger partial charge in [0.05, 0.1) is 52.9 Å². The molecule has 1 atom stereocenters. The Morgan fingerprint density at radius 3 is 2.72 bits per heavy atom. The third kappa shape index (κ3) is 4.15. The number of pyridine rings is 2. The second kappa shape index (κ2) is 9.66. The first kappa shape index (κ1) is 24.8. The maximum absolute atomic E-state index is 13.6. The average Bonchev–Trinajstić information content (AvgIpc) is 3.49. The molecule has 1 unspecified atom stereocenters. The third-order valence-electron chi connectivity index (χ3n) is 7.25. The molecule has 0 radical (unpaired) electrons. The van der Waals surface area contributed by atoms with Crippen LogP contribution in [-0.2, 0) is 7.05 Å². The minimum Gasteiger partial charge on any atom is -0.480 e. The van der Waals surface area contributed by atoms with Crippen molar-refractivity contribution in [1.29, 1.82) is 0 Å². The van der Waals surface area contributed by atoms with Crippen molar-refractivity contribution in [3.05, 3.63) is 58.9 Å². The number of ether oxygens (including phenoxy) is 1. The lowest BCUT2D eigenvalue weighted by Gasteiger charge is -2.18. The molecule has 0 spiro atoms. The number of hydrogen-bond donors (Lipinski definition) is 2. The van der Waals surface area contributed by atoms with Crippen LogP contribution in [0.2, 0.25) is 0 Å². The van der Waals surface area contributed by atoms with Crippen LogP contribution in [-0.4, -0.2) is 67.0 Å². The van der Waals surface area contributed by atoms with Crippen molar-refractivity contribution in [3.63, 3.8) is 0 Å². The standard InChI is InChI=1S/C28H30N8O3/c1-5-29-27-31-13-20(26(33-27)39-4)17-6-7-21-19(12-17)25-23(14-30-21)34(3)28(38)36(25)22-8-9-24(32-16(22)2)35-11-10-18(37)15-35/h6-9,12-14,18,37H,5,10-11,15H2,1-4H3,(H,29,31,33). The number of β-amino-alcohol motifs (C(OH)–C–C–N with tert-alkyl or cyclic N) is 1. The van der Waals surface area contributed by atoms with Crippen molar-refractivity contribution in [2.24, 2.45) is 7.05 Å². The second-order valence-corrected chi connectivity index (χ2v) is 9.71. The third-order valence-corrected chi connectivity index (χ3v) is 7.25. The van der Waals surface area contributed by atoms with Gasteiger partial charge >= 0.3 is 5.69 Å². The highest BCUT2D eigenvalue weighted by Gasteiger charge is 2.23. The van der Waals surface area contributed by atoms with Gasteiger partial charge in [-0.25, -0.2) is 14.8 Å². The molecule has 0 saturated carbocycles. The quantitative estimate of drug-likeness (QED) is 0.344. The van der Waals surface area contributed by atoms with E-state index in [4.69, 9.17) is 9.72 Å². The summed E-state index contributed by atoms with van der Waals surface area (Å²) in [7, 11) is 3.33. The van der Waals surface area contributed by atoms with Gasteiger partial charge in [-0.1, -0.05) is 6.07 Å². The second-order valence-electron chi connectivity index (χ2n) is 9.71. The Kier molecular flexibility index (Phi) is 6.15. The molecule has 5 heterocycles. The van der Waals surface area contributed by atoms with Crippen molar-refractivity contribution in [3.8, 4) is 22.7 Å². The number of benzene rings is 1. The van der Waals surface area contributed by atoms with Gasteiger partial charge in [-0.15, -0.1) is 0 Å². The normalized spacial score (nSPS) is 15.4. The van der Waals surface area contributed by atoms with Crippen molar-refractivity contribution < 1.29 is 9.84 Å². The summed E-state index contributed by atoms with van der Waals surface area (Å²) in [6.07, 6.45) is 3.84. The summed E-state index contributed by atoms with van der Waals surface area (Å²) >= 11 is 0. The molecule has 1 aromatic carbocycles. The number of aliphatic hydroxyl groups is 1. The van der Waals surface area contributed by atoms with Crippen LogP contribution in [0.15, 0.2) is 47.5 Å². The molecule has 0 bridgehead atoms. The van der Waals surface area contributed by atoms with Gasteiger partial charge < -0.3 is 20.1 Å². The summed E-state index contributed by atoms with van der Waals surface area (Å²) in [4.78, 5) is 34.0. The molecule has 0 aliphatic carbocycles. The lowest BCUT2D eigenvalue weighted by atomic mass is 10.0. The molecule has 11 nitrogen and oxygen atoms in total. The maximum Gasteiger partial charge on any atom is 0.333 e. The Morgan fingerprint density at radius 2 is 2.00 bits per heavy atom. The molecular formula is C28H30N8O3. The van der Waals surface area contributed by atoms with E-state index in [0.717, 1.165) is 52.0 Å². The molecule has 200 valence electrons. The Balaban J connectivity index is 1.54. The number of aryl methyl sites for hydroxylation is 2. The first-order valence-corrected chi connectivity index (χ1v) is 13.0. The summed E-state index contributed by atoms with van der Waals surface area (Å²) in [6.45, 7) is 5.89. The van der Waals surface area contributed by atoms with Gasteiger partial charge in [0.2, 0.25) is 11.8 Å². The van der Waals surface area contributed by atoms with E-state index in [9.17, 15) is 9.90 Å². The van der Waals surface area contributed by atoms with Gasteiger partial charge in [0, 0.05) is 38.3 Å². The van der Waals surface area contributed by atoms with E-state index < -0.39 is 0 Å². The van der Waals surface area contributed by atoms with Crippen molar-refractivity contribution in [2.75, 3.05) is 37.0 Å². The molecule has 1 fully saturated rings. The largest absolute Gasteiger partial charge is 0.480 e. The topological polar surface area (TPSA) is 123 Å². The predicted octanol–water partition coefficient (Wildman–Crippen LogP) is 3.05. The number of nitrogens with zero attached hydrogens (tertiary/aromatic N) is 7. The van der Waals surface area contributed by atoms with Gasteiger partial charge in [-0.3, -0.25) is 14.1 Å². The number of anilines is 2. The van der Waals surface area contributed by atoms with E-state index in [1.807, 2.05) is 44.2 Å². The Bertz CT molecular complexity index is 1780. The minimum absolute atomic E-state index is 0.185. The van der Waals surface area contributed by atoms with Crippen LogP contribution in [0.4, 0.5) is 11.8 Å². The summed E-state index contributed by atoms with van der Waals surface area (Å²) < 4.78 is 8.89. The van der Waals surface area contributed by atoms with Crippen molar-refractivity contribution in [1.82, 2.24) is 29.1 Å². The van der Waals surface area contributed by atoms with Gasteiger partial charge in [-0.2, -0.15) is 4.98 Å². The van der Waals surface area contributed by atoms with Crippen LogP contribution < -0.4 is 20.6 Å². The zero-order valence-corrected chi connectivity index (χ0v) is 22.3. The highest BCUT2D eigenvalue weighted by Crippen LogP contribution is 2.34. The maximum atomic E-state index is 13.6. The highest BCUT2D eigenvalue weighted by atomic mass is 16.5. The number of aromatic nitrogens is 6. The van der Waals surface area contributed by atoms with E-state index >= 15 is 0 Å². The number of hydrogen-bond acceptors (Lipinski definition) is 9. The molecule has 1 saturated heterocycles. The van der Waals surface area contributed by atoms with Crippen LogP contribution in [0.1, 0.15) is 19.0 Å². The average molecular weight is 527 g/mol. The zero-order valence-electron chi connectivity index (χ0n) is 22.3. The van der Waals surface area contributed by atoms with E-state index in [2.05, 4.69) is 25.2 Å².